The van der Waals surface area contributed by atoms with Crippen molar-refractivity contribution >= 4 is 17.9 Å². The molecule has 12 unspecified atom stereocenters. The maximum atomic E-state index is 12.5. The van der Waals surface area contributed by atoms with Crippen LogP contribution in [0, 0.1) is 59.4 Å². The summed E-state index contributed by atoms with van der Waals surface area (Å²) in [5.41, 5.74) is 20.0. The van der Waals surface area contributed by atoms with Crippen LogP contribution in [-0.4, -0.2) is 219 Å². The Morgan fingerprint density at radius 2 is 0.849 bits per heavy atom. The Balaban J connectivity index is 1.19. The van der Waals surface area contributed by atoms with E-state index in [0.717, 1.165) is 0 Å². The summed E-state index contributed by atoms with van der Waals surface area (Å²) in [5, 5.41) is 22.3. The number of carbonyl (C=O) groups excluding carboxylic acids is 3. The van der Waals surface area contributed by atoms with Gasteiger partial charge in [0.2, 0.25) is 6.29 Å². The second-order valence-corrected chi connectivity index (χ2v) is 22.8. The van der Waals surface area contributed by atoms with Crippen LogP contribution in [0.25, 0.3) is 20.9 Å². The highest BCUT2D eigenvalue weighted by molar-refractivity contribution is 5.66. The topological polar surface area (TPSA) is 347 Å². The average molecular weight is 1220 g/mol. The van der Waals surface area contributed by atoms with Crippen LogP contribution in [0.5, 0.6) is 0 Å². The Labute approximate surface area is 502 Å². The van der Waals surface area contributed by atoms with Crippen LogP contribution in [0.1, 0.15) is 90.0 Å². The standard InChI is InChI=1S/C57H89N7O22/c1-18-19-20-21-72-55-40(60-14)25(2)44(37(79-55)22-73-34(11)65)82-53-29(6)48(70-16)50(32(9)77-53)85-57-42(62-64-59)27(4)46(39(81-57)24-75-36(13)67)84-54-30(7)49(71-17)51(33(10)78-54)86-56-41(61-63-58)26(3)45(38(80-56)23-74-35(12)66)83-52-28(5)47(69-15)43(68)31(8)76-52/h25-33,37-57,60,68H,22-24H2,1-17H3/t25-,26-,27-,28+,29+,30+,31?,32?,33?,37?,38?,39?,40?,41?,42?,43-,44+,45+,46+,47?,48?,49?,50+,51+,52+,53+,54+,55-,56+,57+/m1/s1. The van der Waals surface area contributed by atoms with Gasteiger partial charge in [0.05, 0.1) is 73.1 Å². The second-order valence-electron chi connectivity index (χ2n) is 22.8. The van der Waals surface area contributed by atoms with Crippen molar-refractivity contribution in [3.05, 3.63) is 20.9 Å². The number of aliphatic hydroxyl groups is 1. The summed E-state index contributed by atoms with van der Waals surface area (Å²) in [4.78, 5) is 43.1. The summed E-state index contributed by atoms with van der Waals surface area (Å²) in [7, 11) is 6.27. The summed E-state index contributed by atoms with van der Waals surface area (Å²) in [5.74, 6) is 3.03. The van der Waals surface area contributed by atoms with Crippen LogP contribution in [0.2, 0.25) is 0 Å². The molecule has 6 fully saturated rings. The largest absolute Gasteiger partial charge is 0.463 e. The fraction of sp³-hybridized carbons (Fsp3) is 0.877. The first-order chi connectivity index (χ1) is 41.0. The second kappa shape index (κ2) is 32.7. The number of nitrogens with zero attached hydrogens (tertiary/aromatic N) is 6. The fourth-order valence-electron chi connectivity index (χ4n) is 12.4. The third kappa shape index (κ3) is 16.8. The molecule has 6 aliphatic rings. The first-order valence-electron chi connectivity index (χ1n) is 29.2. The number of ether oxygens (including phenoxy) is 18. The van der Waals surface area contributed by atoms with E-state index in [4.69, 9.17) is 85.3 Å². The van der Waals surface area contributed by atoms with E-state index in [9.17, 15) is 30.6 Å². The molecule has 29 nitrogen and oxygen atoms in total. The van der Waals surface area contributed by atoms with Gasteiger partial charge in [0, 0.05) is 81.5 Å². The SMILES string of the molecule is CC#CC#CO[C@@H]1OC(COC(C)=O)[C@@H](O[C@@H]2OC(C)[C@H](O[C@@H]3OC(COC(C)=O)[C@@H](O[C@@H]4OC(C)[C@H](O[C@@H]5OC(COC(C)=O)[C@@H](O[C@@H]6OC(C)[C@@H](O)C(OC)[C@@H]6C)[C@H](C)C5N=[N+]=[N-])C(OC)[C@@H]4C)[C@H](C)C3N=[N+]=[N-])C(OC)[C@@H]2C)[C@H](C)C1NC. The molecule has 30 atom stereocenters. The molecule has 0 spiro atoms. The zero-order valence-corrected chi connectivity index (χ0v) is 52.1. The van der Waals surface area contributed by atoms with Crippen LogP contribution in [-0.2, 0) is 99.6 Å². The van der Waals surface area contributed by atoms with Crippen molar-refractivity contribution in [3.63, 3.8) is 0 Å². The molecule has 6 rings (SSSR count). The molecule has 0 aliphatic carbocycles. The van der Waals surface area contributed by atoms with E-state index in [1.165, 1.54) is 42.1 Å². The lowest BCUT2D eigenvalue weighted by atomic mass is 9.87. The lowest BCUT2D eigenvalue weighted by Crippen LogP contribution is -2.64. The summed E-state index contributed by atoms with van der Waals surface area (Å²) in [6, 6.07) is -2.49. The summed E-state index contributed by atoms with van der Waals surface area (Å²) in [6.45, 7) is 21.0. The molecule has 0 aromatic heterocycles. The summed E-state index contributed by atoms with van der Waals surface area (Å²) < 4.78 is 113. The number of aliphatic hydroxyl groups excluding tert-OH is 1. The Bertz CT molecular complexity index is 2460. The molecular weight excluding hydrogens is 1130 g/mol. The predicted octanol–water partition coefficient (Wildman–Crippen LogP) is 4.18. The molecule has 484 valence electrons. The van der Waals surface area contributed by atoms with Gasteiger partial charge in [0.15, 0.2) is 31.5 Å². The number of esters is 3. The third-order valence-electron chi connectivity index (χ3n) is 17.1. The van der Waals surface area contributed by atoms with Crippen molar-refractivity contribution in [3.8, 4) is 23.9 Å². The van der Waals surface area contributed by atoms with E-state index >= 15 is 0 Å². The number of azide groups is 2. The van der Waals surface area contributed by atoms with E-state index in [1.807, 2.05) is 27.7 Å². The minimum absolute atomic E-state index is 0.153. The molecule has 6 saturated heterocycles. The van der Waals surface area contributed by atoms with Crippen LogP contribution >= 0.6 is 0 Å². The van der Waals surface area contributed by atoms with Crippen LogP contribution in [0.3, 0.4) is 0 Å². The zero-order chi connectivity index (χ0) is 63.3. The van der Waals surface area contributed by atoms with Gasteiger partial charge in [-0.25, -0.2) is 0 Å². The van der Waals surface area contributed by atoms with Crippen molar-refractivity contribution in [1.82, 2.24) is 5.32 Å². The van der Waals surface area contributed by atoms with Crippen molar-refractivity contribution in [2.24, 2.45) is 45.7 Å². The van der Waals surface area contributed by atoms with Gasteiger partial charge in [-0.2, -0.15) is 0 Å². The molecule has 6 aliphatic heterocycles. The van der Waals surface area contributed by atoms with E-state index in [2.05, 4.69) is 49.2 Å². The van der Waals surface area contributed by atoms with Crippen molar-refractivity contribution < 1.29 is 105 Å². The molecule has 0 bridgehead atoms. The molecule has 0 aromatic carbocycles. The molecular formula is C57H89N7O22. The number of nitrogens with one attached hydrogen (secondary N) is 1. The van der Waals surface area contributed by atoms with E-state index < -0.39 is 195 Å². The number of hydrogen-bond donors (Lipinski definition) is 2. The monoisotopic (exact) mass is 1220 g/mol. The quantitative estimate of drug-likeness (QED) is 0.0362. The molecule has 0 aromatic rings. The third-order valence-corrected chi connectivity index (χ3v) is 17.1. The predicted molar refractivity (Wildman–Crippen MR) is 298 cm³/mol. The van der Waals surface area contributed by atoms with E-state index in [-0.39, 0.29) is 25.7 Å². The van der Waals surface area contributed by atoms with Gasteiger partial charge in [-0.15, -0.1) is 0 Å². The van der Waals surface area contributed by atoms with Gasteiger partial charge in [-0.05, 0) is 63.6 Å². The first-order valence-corrected chi connectivity index (χ1v) is 29.2. The van der Waals surface area contributed by atoms with Gasteiger partial charge < -0.3 is 95.7 Å². The lowest BCUT2D eigenvalue weighted by molar-refractivity contribution is -0.368. The molecule has 0 amide bonds. The zero-order valence-electron chi connectivity index (χ0n) is 52.1. The highest BCUT2D eigenvalue weighted by Gasteiger charge is 2.56. The summed E-state index contributed by atoms with van der Waals surface area (Å²) >= 11 is 0. The number of rotatable bonds is 23. The number of methoxy groups -OCH3 is 3. The maximum absolute atomic E-state index is 12.5. The highest BCUT2D eigenvalue weighted by atomic mass is 16.8. The minimum atomic E-state index is -1.26. The van der Waals surface area contributed by atoms with Crippen LogP contribution in [0.4, 0.5) is 0 Å². The van der Waals surface area contributed by atoms with Gasteiger partial charge in [0.25, 0.3) is 0 Å². The van der Waals surface area contributed by atoms with Gasteiger partial charge >= 0.3 is 17.9 Å². The van der Waals surface area contributed by atoms with Crippen molar-refractivity contribution in [1.29, 1.82) is 0 Å². The molecule has 6 heterocycles. The van der Waals surface area contributed by atoms with Crippen molar-refractivity contribution in [2.45, 2.75) is 237 Å². The van der Waals surface area contributed by atoms with Gasteiger partial charge in [0.1, 0.15) is 62.6 Å². The molecule has 29 heteroatoms. The van der Waals surface area contributed by atoms with Crippen LogP contribution in [0.15, 0.2) is 10.2 Å². The summed E-state index contributed by atoms with van der Waals surface area (Å²) in [6.07, 6.45) is -16.0. The Kier molecular flexibility index (Phi) is 26.8. The van der Waals surface area contributed by atoms with Crippen molar-refractivity contribution in [2.75, 3.05) is 48.2 Å². The molecule has 0 radical (unpaired) electrons. The van der Waals surface area contributed by atoms with Crippen LogP contribution < -0.4 is 5.32 Å². The average Bonchev–Trinajstić information content (AvgIpc) is 0.939. The molecule has 2 N–H and O–H groups in total. The lowest BCUT2D eigenvalue weighted by Gasteiger charge is -2.51. The van der Waals surface area contributed by atoms with Gasteiger partial charge in [-0.3, -0.25) is 14.4 Å². The normalized spacial score (nSPS) is 43.2. The smallest absolute Gasteiger partial charge is 0.302 e. The van der Waals surface area contributed by atoms with E-state index in [1.54, 1.807) is 48.6 Å². The fourth-order valence-corrected chi connectivity index (χ4v) is 12.4. The Hall–Kier alpha value is -4.69. The molecule has 86 heavy (non-hydrogen) atoms. The van der Waals surface area contributed by atoms with Gasteiger partial charge in [-0.1, -0.05) is 57.7 Å². The number of hydrogen-bond acceptors (Lipinski definition) is 25. The number of carbonyl (C=O) groups is 3. The first kappa shape index (κ1) is 70.4. The minimum Gasteiger partial charge on any atom is -0.463 e. The Morgan fingerprint density at radius 1 is 0.488 bits per heavy atom. The van der Waals surface area contributed by atoms with E-state index in [0.29, 0.717) is 0 Å². The molecule has 0 saturated carbocycles. The Morgan fingerprint density at radius 3 is 1.21 bits per heavy atom. The number of likely N-dealkylation sites (N-methyl/N-ethyl adjacent to an activating group) is 1. The maximum Gasteiger partial charge on any atom is 0.302 e. The highest BCUT2D eigenvalue weighted by Crippen LogP contribution is 2.43.